The summed E-state index contributed by atoms with van der Waals surface area (Å²) in [4.78, 5) is 10.1. The topological polar surface area (TPSA) is 82.2 Å². The number of nitrogens with zero attached hydrogens (tertiary/aromatic N) is 2. The van der Waals surface area contributed by atoms with Crippen LogP contribution in [0, 0.1) is 13.7 Å². The number of nitro groups is 1. The van der Waals surface area contributed by atoms with E-state index in [9.17, 15) is 18.5 Å². The molecule has 0 atom stereocenters. The largest absolute Gasteiger partial charge is 0.270 e. The van der Waals surface area contributed by atoms with Gasteiger partial charge in [-0.3, -0.25) is 10.1 Å². The predicted molar refractivity (Wildman–Crippen MR) is 71.6 cm³/mol. The van der Waals surface area contributed by atoms with Crippen molar-refractivity contribution in [1.29, 1.82) is 0 Å². The molecule has 1 aromatic heterocycles. The van der Waals surface area contributed by atoms with E-state index in [0.717, 1.165) is 10.2 Å². The van der Waals surface area contributed by atoms with Crippen molar-refractivity contribution in [2.45, 2.75) is 0 Å². The molecule has 0 radical (unpaired) electrons. The van der Waals surface area contributed by atoms with Crippen LogP contribution in [0.1, 0.15) is 0 Å². The lowest BCUT2D eigenvalue weighted by molar-refractivity contribution is -0.384. The van der Waals surface area contributed by atoms with Crippen molar-refractivity contribution in [1.82, 2.24) is 3.97 Å². The molecule has 0 spiro atoms. The molecule has 17 heavy (non-hydrogen) atoms. The molecule has 1 heterocycles. The molecule has 0 bridgehead atoms. The molecule has 0 unspecified atom stereocenters. The molecular formula is C9H7IN2O4S. The fourth-order valence-electron chi connectivity index (χ4n) is 1.54. The zero-order valence-electron chi connectivity index (χ0n) is 8.62. The molecule has 2 rings (SSSR count). The minimum Gasteiger partial charge on any atom is -0.258 e. The quantitative estimate of drug-likeness (QED) is 0.462. The van der Waals surface area contributed by atoms with Crippen LogP contribution in [0.2, 0.25) is 0 Å². The highest BCUT2D eigenvalue weighted by atomic mass is 127. The van der Waals surface area contributed by atoms with Gasteiger partial charge in [-0.2, -0.15) is 0 Å². The van der Waals surface area contributed by atoms with Crippen LogP contribution in [0.5, 0.6) is 0 Å². The van der Waals surface area contributed by atoms with Crippen LogP contribution in [-0.4, -0.2) is 23.6 Å². The van der Waals surface area contributed by atoms with Crippen molar-refractivity contribution < 1.29 is 13.3 Å². The maximum atomic E-state index is 11.5. The summed E-state index contributed by atoms with van der Waals surface area (Å²) in [6, 6.07) is 4.11. The van der Waals surface area contributed by atoms with Crippen LogP contribution in [0.4, 0.5) is 5.69 Å². The van der Waals surface area contributed by atoms with Gasteiger partial charge in [-0.1, -0.05) is 0 Å². The van der Waals surface area contributed by atoms with Crippen molar-refractivity contribution in [2.24, 2.45) is 0 Å². The Morgan fingerprint density at radius 1 is 1.41 bits per heavy atom. The fourth-order valence-corrected chi connectivity index (χ4v) is 3.25. The van der Waals surface area contributed by atoms with Crippen LogP contribution in [0.3, 0.4) is 0 Å². The first-order chi connectivity index (χ1) is 7.80. The van der Waals surface area contributed by atoms with Gasteiger partial charge in [-0.15, -0.1) is 0 Å². The minimum atomic E-state index is -3.40. The minimum absolute atomic E-state index is 0.0540. The normalized spacial score (nSPS) is 11.9. The van der Waals surface area contributed by atoms with Crippen molar-refractivity contribution in [3.05, 3.63) is 38.1 Å². The molecule has 0 aliphatic heterocycles. The SMILES string of the molecule is CS(=O)(=O)n1cc(I)c2cc([N+](=O)[O-])ccc21. The molecule has 0 amide bonds. The van der Waals surface area contributed by atoms with Crippen LogP contribution in [0.15, 0.2) is 24.4 Å². The third-order valence-corrected chi connectivity index (χ3v) is 4.15. The molecule has 0 saturated carbocycles. The summed E-state index contributed by atoms with van der Waals surface area (Å²) in [6.07, 6.45) is 2.54. The third kappa shape index (κ3) is 2.14. The Morgan fingerprint density at radius 2 is 2.06 bits per heavy atom. The van der Waals surface area contributed by atoms with E-state index in [2.05, 4.69) is 0 Å². The maximum Gasteiger partial charge on any atom is 0.270 e. The number of benzene rings is 1. The molecule has 0 aliphatic rings. The Hall–Kier alpha value is -1.16. The maximum absolute atomic E-state index is 11.5. The molecule has 0 fully saturated rings. The Balaban J connectivity index is 2.83. The highest BCUT2D eigenvalue weighted by Crippen LogP contribution is 2.27. The van der Waals surface area contributed by atoms with Gasteiger partial charge in [0.1, 0.15) is 0 Å². The number of halogens is 1. The summed E-state index contributed by atoms with van der Waals surface area (Å²) in [5.41, 5.74) is 0.393. The fraction of sp³-hybridized carbons (Fsp3) is 0.111. The zero-order valence-corrected chi connectivity index (χ0v) is 11.6. The molecule has 0 N–H and O–H groups in total. The number of aromatic nitrogens is 1. The molecule has 8 heteroatoms. The Kier molecular flexibility index (Phi) is 2.86. The van der Waals surface area contributed by atoms with Gasteiger partial charge in [0.05, 0.1) is 16.7 Å². The average molecular weight is 366 g/mol. The van der Waals surface area contributed by atoms with Crippen molar-refractivity contribution in [3.8, 4) is 0 Å². The van der Waals surface area contributed by atoms with Crippen LogP contribution in [-0.2, 0) is 10.0 Å². The first kappa shape index (κ1) is 12.3. The van der Waals surface area contributed by atoms with E-state index in [1.54, 1.807) is 0 Å². The van der Waals surface area contributed by atoms with Gasteiger partial charge in [-0.25, -0.2) is 12.4 Å². The van der Waals surface area contributed by atoms with Gasteiger partial charge in [0.15, 0.2) is 0 Å². The number of non-ortho nitro benzene ring substituents is 1. The van der Waals surface area contributed by atoms with E-state index in [-0.39, 0.29) is 5.69 Å². The van der Waals surface area contributed by atoms with Gasteiger partial charge in [0, 0.05) is 27.3 Å². The van der Waals surface area contributed by atoms with Crippen LogP contribution in [0.25, 0.3) is 10.9 Å². The monoisotopic (exact) mass is 366 g/mol. The second kappa shape index (κ2) is 3.95. The van der Waals surface area contributed by atoms with Gasteiger partial charge < -0.3 is 0 Å². The summed E-state index contributed by atoms with van der Waals surface area (Å²) in [5, 5.41) is 11.2. The lowest BCUT2D eigenvalue weighted by Crippen LogP contribution is -2.08. The summed E-state index contributed by atoms with van der Waals surface area (Å²) < 4.78 is 24.8. The summed E-state index contributed by atoms with van der Waals surface area (Å²) >= 11 is 1.95. The number of hydrogen-bond acceptors (Lipinski definition) is 4. The van der Waals surface area contributed by atoms with Gasteiger partial charge in [0.2, 0.25) is 10.0 Å². The van der Waals surface area contributed by atoms with Crippen molar-refractivity contribution in [2.75, 3.05) is 6.26 Å². The zero-order chi connectivity index (χ0) is 12.8. The van der Waals surface area contributed by atoms with Crippen LogP contribution < -0.4 is 0 Å². The van der Waals surface area contributed by atoms with E-state index < -0.39 is 14.9 Å². The van der Waals surface area contributed by atoms with Gasteiger partial charge in [0.25, 0.3) is 5.69 Å². The third-order valence-electron chi connectivity index (χ3n) is 2.27. The number of hydrogen-bond donors (Lipinski definition) is 0. The molecule has 1 aromatic carbocycles. The van der Waals surface area contributed by atoms with E-state index >= 15 is 0 Å². The number of rotatable bonds is 2. The molecule has 0 saturated heterocycles. The van der Waals surface area contributed by atoms with E-state index in [1.165, 1.54) is 24.4 Å². The first-order valence-electron chi connectivity index (χ1n) is 4.46. The van der Waals surface area contributed by atoms with Gasteiger partial charge in [-0.05, 0) is 28.7 Å². The number of nitro benzene ring substituents is 1. The summed E-state index contributed by atoms with van der Waals surface area (Å²) in [6.45, 7) is 0. The Labute approximate surface area is 111 Å². The molecule has 6 nitrogen and oxygen atoms in total. The summed E-state index contributed by atoms with van der Waals surface area (Å²) in [7, 11) is -3.40. The highest BCUT2D eigenvalue weighted by molar-refractivity contribution is 14.1. The first-order valence-corrected chi connectivity index (χ1v) is 7.39. The highest BCUT2D eigenvalue weighted by Gasteiger charge is 2.16. The van der Waals surface area contributed by atoms with Crippen molar-refractivity contribution in [3.63, 3.8) is 0 Å². The predicted octanol–water partition coefficient (Wildman–Crippen LogP) is 1.96. The number of fused-ring (bicyclic) bond motifs is 1. The summed E-state index contributed by atoms with van der Waals surface area (Å²) in [5.74, 6) is 0. The van der Waals surface area contributed by atoms with E-state index in [4.69, 9.17) is 0 Å². The van der Waals surface area contributed by atoms with E-state index in [0.29, 0.717) is 14.5 Å². The standard InChI is InChI=1S/C9H7IN2O4S/c1-17(15,16)11-5-8(10)7-4-6(12(13)14)2-3-9(7)11/h2-5H,1H3. The Morgan fingerprint density at radius 3 is 2.59 bits per heavy atom. The molecule has 0 aliphatic carbocycles. The lowest BCUT2D eigenvalue weighted by Gasteiger charge is -2.00. The lowest BCUT2D eigenvalue weighted by atomic mass is 10.2. The second-order valence-electron chi connectivity index (χ2n) is 3.49. The average Bonchev–Trinajstić information content (AvgIpc) is 2.55. The van der Waals surface area contributed by atoms with Crippen LogP contribution >= 0.6 is 22.6 Å². The molecule has 2 aromatic rings. The van der Waals surface area contributed by atoms with Crippen molar-refractivity contribution >= 4 is 49.2 Å². The molecule has 90 valence electrons. The Bertz CT molecular complexity index is 720. The van der Waals surface area contributed by atoms with Gasteiger partial charge >= 0.3 is 0 Å². The molecular weight excluding hydrogens is 359 g/mol. The van der Waals surface area contributed by atoms with E-state index in [1.807, 2.05) is 22.6 Å². The smallest absolute Gasteiger partial charge is 0.258 e. The second-order valence-corrected chi connectivity index (χ2v) is 6.52.